The van der Waals surface area contributed by atoms with Crippen LogP contribution in [0.5, 0.6) is 0 Å². The van der Waals surface area contributed by atoms with Crippen molar-refractivity contribution in [3.8, 4) is 0 Å². The van der Waals surface area contributed by atoms with Crippen molar-refractivity contribution in [2.75, 3.05) is 6.26 Å². The maximum Gasteiger partial charge on any atom is 0.137 e. The molecule has 0 spiro atoms. The molecule has 14 heavy (non-hydrogen) atoms. The van der Waals surface area contributed by atoms with Crippen LogP contribution in [0, 0.1) is 5.82 Å². The molecule has 0 aliphatic carbocycles. The minimum Gasteiger partial charge on any atom is -0.206 e. The first-order chi connectivity index (χ1) is 6.38. The van der Waals surface area contributed by atoms with E-state index in [0.29, 0.717) is 9.92 Å². The van der Waals surface area contributed by atoms with Crippen molar-refractivity contribution in [3.05, 3.63) is 23.0 Å². The van der Waals surface area contributed by atoms with Gasteiger partial charge in [-0.15, -0.1) is 11.8 Å². The van der Waals surface area contributed by atoms with Gasteiger partial charge in [0, 0.05) is 9.92 Å². The van der Waals surface area contributed by atoms with Crippen LogP contribution in [0.2, 0.25) is 24.7 Å². The molecule has 0 aromatic heterocycles. The molecule has 1 rings (SSSR count). The Balaban J connectivity index is 3.40. The Hall–Kier alpha value is 0.00688. The molecule has 0 aliphatic heterocycles. The molecule has 0 saturated heterocycles. The van der Waals surface area contributed by atoms with E-state index >= 15 is 0 Å². The summed E-state index contributed by atoms with van der Waals surface area (Å²) in [6.45, 7) is 6.30. The molecule has 1 aromatic carbocycles. The van der Waals surface area contributed by atoms with E-state index < -0.39 is 8.07 Å². The summed E-state index contributed by atoms with van der Waals surface area (Å²) in [5.41, 5.74) is 0. The van der Waals surface area contributed by atoms with Crippen LogP contribution in [0.25, 0.3) is 0 Å². The van der Waals surface area contributed by atoms with Gasteiger partial charge in [-0.3, -0.25) is 0 Å². The highest BCUT2D eigenvalue weighted by atomic mass is 35.5. The molecule has 0 heterocycles. The Morgan fingerprint density at radius 2 is 1.86 bits per heavy atom. The molecule has 0 aliphatic rings. The largest absolute Gasteiger partial charge is 0.206 e. The summed E-state index contributed by atoms with van der Waals surface area (Å²) in [4.78, 5) is 0.687. The zero-order valence-corrected chi connectivity index (χ0v) is 11.4. The lowest BCUT2D eigenvalue weighted by molar-refractivity contribution is 0.610. The molecule has 0 bridgehead atoms. The SMILES string of the molecule is CSc1ccc(Cl)c([Si](C)(C)C)c1F. The van der Waals surface area contributed by atoms with E-state index in [-0.39, 0.29) is 5.82 Å². The Kier molecular flexibility index (Phi) is 3.67. The highest BCUT2D eigenvalue weighted by Gasteiger charge is 2.25. The van der Waals surface area contributed by atoms with Gasteiger partial charge in [-0.2, -0.15) is 0 Å². The zero-order chi connectivity index (χ0) is 10.9. The van der Waals surface area contributed by atoms with Gasteiger partial charge in [-0.25, -0.2) is 4.39 Å². The highest BCUT2D eigenvalue weighted by Crippen LogP contribution is 2.23. The van der Waals surface area contributed by atoms with Gasteiger partial charge in [0.1, 0.15) is 5.82 Å². The molecule has 0 radical (unpaired) electrons. The van der Waals surface area contributed by atoms with Crippen LogP contribution in [0.3, 0.4) is 0 Å². The number of halogens is 2. The topological polar surface area (TPSA) is 0 Å². The third kappa shape index (κ3) is 2.33. The maximum atomic E-state index is 14.0. The molecule has 0 atom stereocenters. The van der Waals surface area contributed by atoms with Gasteiger partial charge in [0.05, 0.1) is 8.07 Å². The minimum absolute atomic E-state index is 0.121. The number of benzene rings is 1. The van der Waals surface area contributed by atoms with Gasteiger partial charge in [0.15, 0.2) is 0 Å². The van der Waals surface area contributed by atoms with Gasteiger partial charge in [0.2, 0.25) is 0 Å². The Morgan fingerprint density at radius 3 is 2.29 bits per heavy atom. The normalized spacial score (nSPS) is 11.9. The Labute approximate surface area is 94.9 Å². The number of hydrogen-bond acceptors (Lipinski definition) is 1. The van der Waals surface area contributed by atoms with Crippen molar-refractivity contribution >= 4 is 36.6 Å². The summed E-state index contributed by atoms with van der Waals surface area (Å²) < 4.78 is 14.0. The zero-order valence-electron chi connectivity index (χ0n) is 8.82. The first-order valence-corrected chi connectivity index (χ1v) is 9.50. The van der Waals surface area contributed by atoms with Crippen LogP contribution in [-0.4, -0.2) is 14.3 Å². The van der Waals surface area contributed by atoms with Gasteiger partial charge < -0.3 is 0 Å². The molecule has 78 valence electrons. The first kappa shape index (κ1) is 12.1. The second-order valence-corrected chi connectivity index (χ2v) is 10.4. The van der Waals surface area contributed by atoms with Crippen LogP contribution in [-0.2, 0) is 0 Å². The van der Waals surface area contributed by atoms with Crippen molar-refractivity contribution in [1.82, 2.24) is 0 Å². The number of thioether (sulfide) groups is 1. The van der Waals surface area contributed by atoms with Crippen molar-refractivity contribution in [1.29, 1.82) is 0 Å². The lowest BCUT2D eigenvalue weighted by Gasteiger charge is -2.20. The molecule has 0 unspecified atom stereocenters. The van der Waals surface area contributed by atoms with Crippen LogP contribution in [0.15, 0.2) is 17.0 Å². The number of rotatable bonds is 2. The van der Waals surface area contributed by atoms with Crippen LogP contribution in [0.1, 0.15) is 0 Å². The number of hydrogen-bond donors (Lipinski definition) is 0. The van der Waals surface area contributed by atoms with E-state index in [1.165, 1.54) is 11.8 Å². The van der Waals surface area contributed by atoms with Crippen molar-refractivity contribution in [2.45, 2.75) is 24.5 Å². The predicted molar refractivity (Wildman–Crippen MR) is 66.2 cm³/mol. The van der Waals surface area contributed by atoms with Crippen LogP contribution >= 0.6 is 23.4 Å². The predicted octanol–water partition coefficient (Wildman–Crippen LogP) is 3.75. The summed E-state index contributed by atoms with van der Waals surface area (Å²) in [7, 11) is -1.69. The maximum absolute atomic E-state index is 14.0. The summed E-state index contributed by atoms with van der Waals surface area (Å²) in [6.07, 6.45) is 1.88. The second-order valence-electron chi connectivity index (χ2n) is 4.19. The van der Waals surface area contributed by atoms with E-state index in [0.717, 1.165) is 5.19 Å². The monoisotopic (exact) mass is 248 g/mol. The molecule has 1 aromatic rings. The fourth-order valence-corrected chi connectivity index (χ4v) is 4.54. The molecule has 0 nitrogen and oxygen atoms in total. The fraction of sp³-hybridized carbons (Fsp3) is 0.400. The molecular formula is C10H14ClFSSi. The second kappa shape index (κ2) is 4.25. The van der Waals surface area contributed by atoms with Gasteiger partial charge in [-0.05, 0) is 23.6 Å². The van der Waals surface area contributed by atoms with E-state index in [4.69, 9.17) is 11.6 Å². The van der Waals surface area contributed by atoms with E-state index in [1.807, 2.05) is 6.26 Å². The van der Waals surface area contributed by atoms with Crippen molar-refractivity contribution in [3.63, 3.8) is 0 Å². The minimum atomic E-state index is -1.69. The molecule has 0 saturated carbocycles. The van der Waals surface area contributed by atoms with E-state index in [1.54, 1.807) is 12.1 Å². The third-order valence-corrected chi connectivity index (χ3v) is 5.24. The highest BCUT2D eigenvalue weighted by molar-refractivity contribution is 7.98. The summed E-state index contributed by atoms with van der Waals surface area (Å²) in [5, 5.41) is 1.31. The van der Waals surface area contributed by atoms with Crippen molar-refractivity contribution < 1.29 is 4.39 Å². The summed E-state index contributed by atoms with van der Waals surface area (Å²) in [6, 6.07) is 3.54. The molecule has 0 fully saturated rings. The van der Waals surface area contributed by atoms with E-state index in [2.05, 4.69) is 19.6 Å². The fourth-order valence-electron chi connectivity index (χ4n) is 1.38. The third-order valence-electron chi connectivity index (χ3n) is 2.03. The van der Waals surface area contributed by atoms with Gasteiger partial charge >= 0.3 is 0 Å². The molecule has 4 heteroatoms. The van der Waals surface area contributed by atoms with Gasteiger partial charge in [-0.1, -0.05) is 31.2 Å². The van der Waals surface area contributed by atoms with Crippen molar-refractivity contribution in [2.24, 2.45) is 0 Å². The average molecular weight is 249 g/mol. The summed E-state index contributed by atoms with van der Waals surface area (Å²) >= 11 is 7.45. The van der Waals surface area contributed by atoms with Crippen LogP contribution in [0.4, 0.5) is 4.39 Å². The Morgan fingerprint density at radius 1 is 1.29 bits per heavy atom. The van der Waals surface area contributed by atoms with Gasteiger partial charge in [0.25, 0.3) is 0 Å². The standard InChI is InChI=1S/C10H14ClFSSi/c1-13-8-6-5-7(11)10(9(8)12)14(2,3)4/h5-6H,1-4H3. The lowest BCUT2D eigenvalue weighted by Crippen LogP contribution is -2.41. The first-order valence-electron chi connectivity index (χ1n) is 4.40. The summed E-state index contributed by atoms with van der Waals surface area (Å²) in [5.74, 6) is -0.121. The molecule has 0 N–H and O–H groups in total. The quantitative estimate of drug-likeness (QED) is 0.568. The smallest absolute Gasteiger partial charge is 0.137 e. The lowest BCUT2D eigenvalue weighted by atomic mass is 10.3. The molecule has 0 amide bonds. The van der Waals surface area contributed by atoms with Crippen LogP contribution < -0.4 is 5.19 Å². The van der Waals surface area contributed by atoms with E-state index in [9.17, 15) is 4.39 Å². The molecular weight excluding hydrogens is 235 g/mol. The average Bonchev–Trinajstić information content (AvgIpc) is 2.02. The Bertz CT molecular complexity index is 347.